The Kier molecular flexibility index (Phi) is 4.85. The molecule has 0 bridgehead atoms. The molecule has 0 saturated heterocycles. The Balaban J connectivity index is 2.20. The third kappa shape index (κ3) is 3.74. The molecule has 0 aromatic heterocycles. The molecule has 0 saturated carbocycles. The van der Waals surface area contributed by atoms with Gasteiger partial charge in [0.25, 0.3) is 0 Å². The molecule has 0 aliphatic carbocycles. The number of carbonyl (C=O) groups is 1. The zero-order chi connectivity index (χ0) is 15.6. The Morgan fingerprint density at radius 2 is 2.14 bits per heavy atom. The number of nitrogens with one attached hydrogen (secondary N) is 1. The molecule has 6 heteroatoms. The summed E-state index contributed by atoms with van der Waals surface area (Å²) < 4.78 is 14.5. The lowest BCUT2D eigenvalue weighted by Gasteiger charge is -2.12. The molecule has 0 unspecified atom stereocenters. The molecule has 1 amide bonds. The summed E-state index contributed by atoms with van der Waals surface area (Å²) in [6.45, 7) is 1.83. The van der Waals surface area contributed by atoms with E-state index in [-0.39, 0.29) is 22.9 Å². The summed E-state index contributed by atoms with van der Waals surface area (Å²) in [4.78, 5) is 12.1. The number of halogens is 3. The zero-order valence-corrected chi connectivity index (χ0v) is 13.6. The van der Waals surface area contributed by atoms with E-state index in [9.17, 15) is 9.18 Å². The minimum atomic E-state index is -0.502. The van der Waals surface area contributed by atoms with Gasteiger partial charge in [-0.25, -0.2) is 4.39 Å². The van der Waals surface area contributed by atoms with Crippen molar-refractivity contribution < 1.29 is 9.18 Å². The van der Waals surface area contributed by atoms with Gasteiger partial charge in [0, 0.05) is 15.1 Å². The monoisotopic (exact) mass is 370 g/mol. The molecule has 110 valence electrons. The van der Waals surface area contributed by atoms with Gasteiger partial charge < -0.3 is 11.1 Å². The highest BCUT2D eigenvalue weighted by molar-refractivity contribution is 9.10. The molecular formula is C15H13BrClFN2O. The first kappa shape index (κ1) is 15.8. The van der Waals surface area contributed by atoms with E-state index in [4.69, 9.17) is 17.3 Å². The molecule has 0 fully saturated rings. The van der Waals surface area contributed by atoms with E-state index in [1.54, 1.807) is 12.1 Å². The second-order valence-corrected chi connectivity index (χ2v) is 5.93. The summed E-state index contributed by atoms with van der Waals surface area (Å²) in [5, 5.41) is 2.93. The van der Waals surface area contributed by atoms with Crippen molar-refractivity contribution in [1.82, 2.24) is 0 Å². The largest absolute Gasteiger partial charge is 0.397 e. The van der Waals surface area contributed by atoms with Crippen LogP contribution < -0.4 is 11.1 Å². The van der Waals surface area contributed by atoms with Crippen LogP contribution in [0.2, 0.25) is 5.02 Å². The minimum Gasteiger partial charge on any atom is -0.397 e. The maximum atomic E-state index is 13.7. The van der Waals surface area contributed by atoms with Crippen molar-refractivity contribution in [3.05, 3.63) is 56.8 Å². The van der Waals surface area contributed by atoms with Crippen molar-refractivity contribution in [1.29, 1.82) is 0 Å². The summed E-state index contributed by atoms with van der Waals surface area (Å²) in [5.74, 6) is -0.878. The van der Waals surface area contributed by atoms with E-state index in [2.05, 4.69) is 21.2 Å². The molecule has 0 radical (unpaired) electrons. The summed E-state index contributed by atoms with van der Waals surface area (Å²) >= 11 is 9.24. The molecule has 0 heterocycles. The Morgan fingerprint density at radius 3 is 2.76 bits per heavy atom. The van der Waals surface area contributed by atoms with E-state index >= 15 is 0 Å². The standard InChI is InChI=1S/C15H13BrClFN2O/c1-8-5-9(16)6-13(19)15(8)20-14(21)7-10-11(17)3-2-4-12(10)18/h2-6H,7,19H2,1H3,(H,20,21). The summed E-state index contributed by atoms with van der Waals surface area (Å²) in [6.07, 6.45) is -0.152. The van der Waals surface area contributed by atoms with Crippen LogP contribution >= 0.6 is 27.5 Å². The third-order valence-corrected chi connectivity index (χ3v) is 3.81. The van der Waals surface area contributed by atoms with E-state index in [0.29, 0.717) is 11.4 Å². The van der Waals surface area contributed by atoms with Gasteiger partial charge in [-0.15, -0.1) is 0 Å². The normalized spacial score (nSPS) is 10.5. The summed E-state index contributed by atoms with van der Waals surface area (Å²) in [5.41, 5.74) is 7.83. The van der Waals surface area contributed by atoms with Gasteiger partial charge in [-0.1, -0.05) is 33.6 Å². The third-order valence-electron chi connectivity index (χ3n) is 2.99. The van der Waals surface area contributed by atoms with Crippen LogP contribution in [0.15, 0.2) is 34.8 Å². The van der Waals surface area contributed by atoms with Crippen molar-refractivity contribution >= 4 is 44.8 Å². The Morgan fingerprint density at radius 1 is 1.43 bits per heavy atom. The van der Waals surface area contributed by atoms with Gasteiger partial charge in [-0.3, -0.25) is 4.79 Å². The predicted molar refractivity (Wildman–Crippen MR) is 87.0 cm³/mol. The Bertz CT molecular complexity index is 663. The molecule has 3 nitrogen and oxygen atoms in total. The van der Waals surface area contributed by atoms with Gasteiger partial charge in [-0.2, -0.15) is 0 Å². The van der Waals surface area contributed by atoms with Crippen molar-refractivity contribution in [3.8, 4) is 0 Å². The lowest BCUT2D eigenvalue weighted by molar-refractivity contribution is -0.115. The number of hydrogen-bond donors (Lipinski definition) is 2. The van der Waals surface area contributed by atoms with Gasteiger partial charge in [0.2, 0.25) is 5.91 Å². The quantitative estimate of drug-likeness (QED) is 0.790. The van der Waals surface area contributed by atoms with Gasteiger partial charge in [0.1, 0.15) is 5.82 Å². The fourth-order valence-electron chi connectivity index (χ4n) is 1.99. The highest BCUT2D eigenvalue weighted by Gasteiger charge is 2.14. The first-order valence-electron chi connectivity index (χ1n) is 6.17. The fourth-order valence-corrected chi connectivity index (χ4v) is 2.81. The fraction of sp³-hybridized carbons (Fsp3) is 0.133. The zero-order valence-electron chi connectivity index (χ0n) is 11.2. The number of carbonyl (C=O) groups excluding carboxylic acids is 1. The van der Waals surface area contributed by atoms with Crippen LogP contribution in [-0.4, -0.2) is 5.91 Å². The Hall–Kier alpha value is -1.59. The second-order valence-electron chi connectivity index (χ2n) is 4.61. The molecule has 21 heavy (non-hydrogen) atoms. The molecule has 3 N–H and O–H groups in total. The van der Waals surface area contributed by atoms with Crippen LogP contribution in [-0.2, 0) is 11.2 Å². The van der Waals surface area contributed by atoms with Gasteiger partial charge in [0.15, 0.2) is 0 Å². The number of amides is 1. The van der Waals surface area contributed by atoms with E-state index < -0.39 is 5.82 Å². The van der Waals surface area contributed by atoms with Crippen LogP contribution in [0.4, 0.5) is 15.8 Å². The average Bonchev–Trinajstić information content (AvgIpc) is 2.38. The number of hydrogen-bond acceptors (Lipinski definition) is 2. The highest BCUT2D eigenvalue weighted by Crippen LogP contribution is 2.28. The second kappa shape index (κ2) is 6.45. The number of nitrogen functional groups attached to an aromatic ring is 1. The van der Waals surface area contributed by atoms with Crippen LogP contribution in [0.25, 0.3) is 0 Å². The van der Waals surface area contributed by atoms with Crippen molar-refractivity contribution in [2.45, 2.75) is 13.3 Å². The number of rotatable bonds is 3. The van der Waals surface area contributed by atoms with Gasteiger partial charge >= 0.3 is 0 Å². The van der Waals surface area contributed by atoms with Crippen molar-refractivity contribution in [2.24, 2.45) is 0 Å². The molecule has 2 aromatic carbocycles. The average molecular weight is 372 g/mol. The van der Waals surface area contributed by atoms with Gasteiger partial charge in [-0.05, 0) is 36.8 Å². The van der Waals surface area contributed by atoms with E-state index in [1.807, 2.05) is 13.0 Å². The van der Waals surface area contributed by atoms with Crippen molar-refractivity contribution in [2.75, 3.05) is 11.1 Å². The minimum absolute atomic E-state index is 0.152. The number of aryl methyl sites for hydroxylation is 1. The Labute approximate surface area is 135 Å². The number of nitrogens with two attached hydrogens (primary N) is 1. The summed E-state index contributed by atoms with van der Waals surface area (Å²) in [7, 11) is 0. The molecule has 2 rings (SSSR count). The van der Waals surface area contributed by atoms with Crippen LogP contribution in [0.5, 0.6) is 0 Å². The molecular weight excluding hydrogens is 359 g/mol. The van der Waals surface area contributed by atoms with E-state index in [0.717, 1.165) is 10.0 Å². The maximum absolute atomic E-state index is 13.7. The van der Waals surface area contributed by atoms with Crippen LogP contribution in [0, 0.1) is 12.7 Å². The SMILES string of the molecule is Cc1cc(Br)cc(N)c1NC(=O)Cc1c(F)cccc1Cl. The highest BCUT2D eigenvalue weighted by atomic mass is 79.9. The van der Waals surface area contributed by atoms with Crippen LogP contribution in [0.1, 0.15) is 11.1 Å². The van der Waals surface area contributed by atoms with Gasteiger partial charge in [0.05, 0.1) is 17.8 Å². The molecule has 0 aliphatic rings. The first-order chi connectivity index (χ1) is 9.88. The predicted octanol–water partition coefficient (Wildman–Crippen LogP) is 4.31. The molecule has 0 spiro atoms. The molecule has 0 atom stereocenters. The lowest BCUT2D eigenvalue weighted by Crippen LogP contribution is -2.17. The van der Waals surface area contributed by atoms with E-state index in [1.165, 1.54) is 12.1 Å². The molecule has 0 aliphatic heterocycles. The topological polar surface area (TPSA) is 55.1 Å². The summed E-state index contributed by atoms with van der Waals surface area (Å²) in [6, 6.07) is 7.84. The maximum Gasteiger partial charge on any atom is 0.229 e. The number of benzene rings is 2. The number of anilines is 2. The first-order valence-corrected chi connectivity index (χ1v) is 7.34. The van der Waals surface area contributed by atoms with Crippen molar-refractivity contribution in [3.63, 3.8) is 0 Å². The lowest BCUT2D eigenvalue weighted by atomic mass is 10.1. The molecule has 2 aromatic rings. The smallest absolute Gasteiger partial charge is 0.229 e. The van der Waals surface area contributed by atoms with Crippen LogP contribution in [0.3, 0.4) is 0 Å².